The van der Waals surface area contributed by atoms with Crippen LogP contribution in [-0.2, 0) is 25.3 Å². The topological polar surface area (TPSA) is 111 Å². The van der Waals surface area contributed by atoms with E-state index in [-0.39, 0.29) is 0 Å². The minimum atomic E-state index is -0.498. The van der Waals surface area contributed by atoms with Gasteiger partial charge < -0.3 is 14.6 Å². The van der Waals surface area contributed by atoms with Gasteiger partial charge in [0, 0.05) is 27.1 Å². The highest BCUT2D eigenvalue weighted by Gasteiger charge is 2.16. The Balaban J connectivity index is 1.86. The van der Waals surface area contributed by atoms with E-state index in [1.165, 1.54) is 4.57 Å². The van der Waals surface area contributed by atoms with E-state index in [1.54, 1.807) is 18.7 Å². The number of ether oxygens (including phenoxy) is 1. The summed E-state index contributed by atoms with van der Waals surface area (Å²) in [6.45, 7) is 6.02. The van der Waals surface area contributed by atoms with Crippen LogP contribution in [0.25, 0.3) is 11.2 Å². The number of amides is 1. The number of carbonyl (C=O) groups is 1. The van der Waals surface area contributed by atoms with Crippen LogP contribution in [0.4, 0.5) is 4.79 Å². The number of carbonyl (C=O) groups excluding carboxylic acids is 1. The molecule has 2 N–H and O–H groups in total. The van der Waals surface area contributed by atoms with Crippen LogP contribution in [0.1, 0.15) is 45.9 Å². The van der Waals surface area contributed by atoms with E-state index in [9.17, 15) is 14.4 Å². The highest BCUT2D eigenvalue weighted by molar-refractivity contribution is 5.70. The number of hydrogen-bond donors (Lipinski definition) is 2. The Labute approximate surface area is 151 Å². The summed E-state index contributed by atoms with van der Waals surface area (Å²) in [7, 11) is 3.36. The second kappa shape index (κ2) is 7.76. The van der Waals surface area contributed by atoms with Crippen LogP contribution in [0.2, 0.25) is 0 Å². The molecule has 0 aromatic carbocycles. The molecule has 1 amide bonds. The van der Waals surface area contributed by atoms with Gasteiger partial charge in [0.05, 0.1) is 0 Å². The van der Waals surface area contributed by atoms with Crippen molar-refractivity contribution in [3.05, 3.63) is 26.7 Å². The number of aryl methyl sites for hydroxylation is 3. The number of rotatable bonds is 6. The molecule has 0 atom stereocenters. The number of aromatic amines is 1. The lowest BCUT2D eigenvalue weighted by Crippen LogP contribution is -2.32. The van der Waals surface area contributed by atoms with Crippen LogP contribution in [0.5, 0.6) is 0 Å². The predicted octanol–water partition coefficient (Wildman–Crippen LogP) is 1.20. The minimum absolute atomic E-state index is 0.392. The molecule has 2 aromatic rings. The molecular weight excluding hydrogens is 338 g/mol. The largest absolute Gasteiger partial charge is 0.444 e. The van der Waals surface area contributed by atoms with Crippen LogP contribution in [-0.4, -0.2) is 37.3 Å². The summed E-state index contributed by atoms with van der Waals surface area (Å²) >= 11 is 0. The van der Waals surface area contributed by atoms with Crippen LogP contribution in [0.15, 0.2) is 9.59 Å². The second-order valence-corrected chi connectivity index (χ2v) is 7.32. The Morgan fingerprint density at radius 3 is 2.50 bits per heavy atom. The normalized spacial score (nSPS) is 11.7. The summed E-state index contributed by atoms with van der Waals surface area (Å²) in [5.41, 5.74) is -0.606. The van der Waals surface area contributed by atoms with Gasteiger partial charge in [-0.1, -0.05) is 6.42 Å². The summed E-state index contributed by atoms with van der Waals surface area (Å²) in [5.74, 6) is 0.756. The van der Waals surface area contributed by atoms with Crippen molar-refractivity contribution in [1.82, 2.24) is 24.4 Å². The van der Waals surface area contributed by atoms with Gasteiger partial charge in [-0.25, -0.2) is 14.6 Å². The number of fused-ring (bicyclic) bond motifs is 1. The zero-order chi connectivity index (χ0) is 19.5. The molecule has 0 saturated carbocycles. The predicted molar refractivity (Wildman–Crippen MR) is 98.4 cm³/mol. The van der Waals surface area contributed by atoms with E-state index in [4.69, 9.17) is 4.74 Å². The maximum Gasteiger partial charge on any atom is 0.407 e. The number of alkyl carbamates (subject to hydrolysis) is 1. The average molecular weight is 365 g/mol. The molecule has 0 aliphatic heterocycles. The third kappa shape index (κ3) is 4.74. The van der Waals surface area contributed by atoms with Gasteiger partial charge in [0.2, 0.25) is 0 Å². The van der Waals surface area contributed by atoms with E-state index < -0.39 is 22.9 Å². The van der Waals surface area contributed by atoms with Crippen LogP contribution in [0.3, 0.4) is 0 Å². The van der Waals surface area contributed by atoms with E-state index >= 15 is 0 Å². The molecule has 0 bridgehead atoms. The standard InChI is InChI=1S/C17H27N5O4/c1-17(2,3)26-16(25)18-10-8-6-7-9-11-19-13-12(21(11)4)14(23)20-15(24)22(13)5/h6-10H2,1-5H3,(H,18,25)(H,20,23,24). The molecule has 144 valence electrons. The molecule has 26 heavy (non-hydrogen) atoms. The maximum absolute atomic E-state index is 12.0. The van der Waals surface area contributed by atoms with E-state index in [0.29, 0.717) is 24.1 Å². The fourth-order valence-corrected chi connectivity index (χ4v) is 2.67. The molecule has 0 unspecified atom stereocenters. The molecule has 9 nitrogen and oxygen atoms in total. The Morgan fingerprint density at radius 1 is 1.15 bits per heavy atom. The summed E-state index contributed by atoms with van der Waals surface area (Å²) in [6.07, 6.45) is 2.86. The van der Waals surface area contributed by atoms with Gasteiger partial charge in [-0.2, -0.15) is 0 Å². The van der Waals surface area contributed by atoms with Gasteiger partial charge in [-0.3, -0.25) is 14.3 Å². The van der Waals surface area contributed by atoms with Crippen molar-refractivity contribution in [2.75, 3.05) is 6.54 Å². The third-order valence-electron chi connectivity index (χ3n) is 3.97. The first kappa shape index (κ1) is 19.7. The Kier molecular flexibility index (Phi) is 5.89. The van der Waals surface area contributed by atoms with Crippen LogP contribution < -0.4 is 16.6 Å². The number of nitrogens with one attached hydrogen (secondary N) is 2. The van der Waals surface area contributed by atoms with E-state index in [2.05, 4.69) is 15.3 Å². The lowest BCUT2D eigenvalue weighted by atomic mass is 10.2. The number of aromatic nitrogens is 4. The highest BCUT2D eigenvalue weighted by Crippen LogP contribution is 2.11. The number of H-pyrrole nitrogens is 1. The summed E-state index contributed by atoms with van der Waals surface area (Å²) < 4.78 is 8.24. The molecule has 0 spiro atoms. The third-order valence-corrected chi connectivity index (χ3v) is 3.97. The summed E-state index contributed by atoms with van der Waals surface area (Å²) in [5, 5.41) is 2.73. The maximum atomic E-state index is 12.0. The van der Waals surface area contributed by atoms with Crippen molar-refractivity contribution in [3.63, 3.8) is 0 Å². The molecule has 2 aromatic heterocycles. The minimum Gasteiger partial charge on any atom is -0.444 e. The van der Waals surface area contributed by atoms with Gasteiger partial charge in [-0.15, -0.1) is 0 Å². The zero-order valence-electron chi connectivity index (χ0n) is 16.0. The smallest absolute Gasteiger partial charge is 0.407 e. The quantitative estimate of drug-likeness (QED) is 0.747. The Hall–Kier alpha value is -2.58. The molecule has 9 heteroatoms. The van der Waals surface area contributed by atoms with Crippen molar-refractivity contribution in [1.29, 1.82) is 0 Å². The zero-order valence-corrected chi connectivity index (χ0v) is 16.0. The van der Waals surface area contributed by atoms with Crippen LogP contribution in [0, 0.1) is 0 Å². The summed E-state index contributed by atoms with van der Waals surface area (Å²) in [4.78, 5) is 41.9. The number of imidazole rings is 1. The van der Waals surface area contributed by atoms with Crippen molar-refractivity contribution in [3.8, 4) is 0 Å². The van der Waals surface area contributed by atoms with Crippen LogP contribution >= 0.6 is 0 Å². The number of nitrogens with zero attached hydrogens (tertiary/aromatic N) is 3. The number of unbranched alkanes of at least 4 members (excludes halogenated alkanes) is 2. The first-order valence-electron chi connectivity index (χ1n) is 8.71. The van der Waals surface area contributed by atoms with Gasteiger partial charge in [0.1, 0.15) is 11.4 Å². The van der Waals surface area contributed by atoms with Crippen molar-refractivity contribution in [2.45, 2.75) is 52.1 Å². The molecule has 2 heterocycles. The van der Waals surface area contributed by atoms with Gasteiger partial charge >= 0.3 is 11.8 Å². The van der Waals surface area contributed by atoms with Crippen molar-refractivity contribution in [2.24, 2.45) is 14.1 Å². The highest BCUT2D eigenvalue weighted by atomic mass is 16.6. The van der Waals surface area contributed by atoms with Gasteiger partial charge in [0.25, 0.3) is 5.56 Å². The fraction of sp³-hybridized carbons (Fsp3) is 0.647. The van der Waals surface area contributed by atoms with E-state index in [0.717, 1.165) is 25.1 Å². The molecule has 0 aliphatic carbocycles. The molecule has 0 saturated heterocycles. The molecule has 0 fully saturated rings. The first-order valence-corrected chi connectivity index (χ1v) is 8.71. The van der Waals surface area contributed by atoms with E-state index in [1.807, 2.05) is 20.8 Å². The second-order valence-electron chi connectivity index (χ2n) is 7.32. The lowest BCUT2D eigenvalue weighted by molar-refractivity contribution is 0.0527. The fourth-order valence-electron chi connectivity index (χ4n) is 2.67. The van der Waals surface area contributed by atoms with Crippen molar-refractivity contribution < 1.29 is 9.53 Å². The molecular formula is C17H27N5O4. The van der Waals surface area contributed by atoms with Gasteiger partial charge in [-0.05, 0) is 33.6 Å². The Bertz CT molecular complexity index is 901. The average Bonchev–Trinajstić information content (AvgIpc) is 2.84. The summed E-state index contributed by atoms with van der Waals surface area (Å²) in [6, 6.07) is 0. The van der Waals surface area contributed by atoms with Crippen molar-refractivity contribution >= 4 is 17.3 Å². The molecule has 2 rings (SSSR count). The lowest BCUT2D eigenvalue weighted by Gasteiger charge is -2.19. The monoisotopic (exact) mass is 365 g/mol. The SMILES string of the molecule is Cn1c(CCCCCNC(=O)OC(C)(C)C)nc2c1c(=O)[nH]c(=O)n2C. The Morgan fingerprint density at radius 2 is 1.85 bits per heavy atom. The molecule has 0 aliphatic rings. The number of hydrogen-bond acceptors (Lipinski definition) is 5. The van der Waals surface area contributed by atoms with Gasteiger partial charge in [0.15, 0.2) is 11.2 Å². The molecule has 0 radical (unpaired) electrons. The first-order chi connectivity index (χ1) is 12.1.